The highest BCUT2D eigenvalue weighted by Crippen LogP contribution is 2.36. The summed E-state index contributed by atoms with van der Waals surface area (Å²) in [6.45, 7) is 8.01. The molecule has 0 amide bonds. The van der Waals surface area contributed by atoms with Gasteiger partial charge in [0, 0.05) is 7.11 Å². The van der Waals surface area contributed by atoms with E-state index in [1.807, 2.05) is 27.7 Å². The summed E-state index contributed by atoms with van der Waals surface area (Å²) in [4.78, 5) is 4.23. The zero-order chi connectivity index (χ0) is 14.3. The number of aromatic nitrogens is 1. The summed E-state index contributed by atoms with van der Waals surface area (Å²) in [6.07, 6.45) is 0. The maximum absolute atomic E-state index is 13.9. The lowest BCUT2D eigenvalue weighted by Gasteiger charge is -2.32. The van der Waals surface area contributed by atoms with Crippen molar-refractivity contribution >= 4 is 12.7 Å². The van der Waals surface area contributed by atoms with Gasteiger partial charge >= 0.3 is 7.12 Å². The Morgan fingerprint density at radius 2 is 1.79 bits per heavy atom. The Labute approximate surface area is 113 Å². The molecule has 4 nitrogen and oxygen atoms in total. The molecule has 1 fully saturated rings. The second kappa shape index (κ2) is 4.85. The van der Waals surface area contributed by atoms with Gasteiger partial charge in [-0.3, -0.25) is 4.98 Å². The third kappa shape index (κ3) is 2.66. The van der Waals surface area contributed by atoms with Crippen LogP contribution in [-0.2, 0) is 20.7 Å². The van der Waals surface area contributed by atoms with Crippen LogP contribution >= 0.6 is 0 Å². The molecule has 1 saturated heterocycles. The van der Waals surface area contributed by atoms with E-state index in [2.05, 4.69) is 4.98 Å². The normalized spacial score (nSPS) is 20.8. The van der Waals surface area contributed by atoms with Gasteiger partial charge in [0.25, 0.3) is 0 Å². The average molecular weight is 267 g/mol. The topological polar surface area (TPSA) is 40.6 Å². The number of nitrogens with zero attached hydrogens (tertiary/aromatic N) is 1. The number of halogens is 1. The molecule has 0 bridgehead atoms. The predicted octanol–water partition coefficient (Wildman–Crippen LogP) is 1.67. The molecule has 0 unspecified atom stereocenters. The minimum atomic E-state index is -0.790. The van der Waals surface area contributed by atoms with E-state index in [-0.39, 0.29) is 5.59 Å². The molecule has 0 N–H and O–H groups in total. The Bertz CT molecular complexity index is 463. The third-order valence-corrected chi connectivity index (χ3v) is 3.70. The molecule has 0 spiro atoms. The van der Waals surface area contributed by atoms with Crippen LogP contribution in [0.15, 0.2) is 12.1 Å². The summed E-state index contributed by atoms with van der Waals surface area (Å²) in [6, 6.07) is 2.95. The number of methoxy groups -OCH3 is 1. The van der Waals surface area contributed by atoms with Gasteiger partial charge in [-0.25, -0.2) is 4.39 Å². The van der Waals surface area contributed by atoms with Crippen LogP contribution in [0.1, 0.15) is 33.4 Å². The van der Waals surface area contributed by atoms with Gasteiger partial charge in [0.05, 0.1) is 23.5 Å². The van der Waals surface area contributed by atoms with Gasteiger partial charge in [0.15, 0.2) is 0 Å². The summed E-state index contributed by atoms with van der Waals surface area (Å²) in [5, 5.41) is 0. The van der Waals surface area contributed by atoms with Gasteiger partial charge in [0.2, 0.25) is 0 Å². The summed E-state index contributed by atoms with van der Waals surface area (Å²) in [5.41, 5.74) is -0.201. The Morgan fingerprint density at radius 1 is 1.21 bits per heavy atom. The van der Waals surface area contributed by atoms with E-state index < -0.39 is 24.1 Å². The van der Waals surface area contributed by atoms with Crippen molar-refractivity contribution in [3.8, 4) is 0 Å². The van der Waals surface area contributed by atoms with Gasteiger partial charge in [0.1, 0.15) is 11.4 Å². The van der Waals surface area contributed by atoms with Crippen molar-refractivity contribution in [3.05, 3.63) is 23.6 Å². The maximum Gasteiger partial charge on any atom is 0.517 e. The fourth-order valence-electron chi connectivity index (χ4n) is 1.85. The molecule has 0 aliphatic carbocycles. The monoisotopic (exact) mass is 267 g/mol. The van der Waals surface area contributed by atoms with Crippen LogP contribution in [0.4, 0.5) is 4.39 Å². The zero-order valence-corrected chi connectivity index (χ0v) is 12.0. The molecule has 104 valence electrons. The first-order valence-electron chi connectivity index (χ1n) is 6.27. The van der Waals surface area contributed by atoms with Crippen molar-refractivity contribution < 1.29 is 18.4 Å². The highest BCUT2D eigenvalue weighted by molar-refractivity contribution is 6.61. The van der Waals surface area contributed by atoms with Crippen molar-refractivity contribution in [2.24, 2.45) is 0 Å². The number of hydrogen-bond acceptors (Lipinski definition) is 4. The lowest BCUT2D eigenvalue weighted by molar-refractivity contribution is 0.00578. The molecular weight excluding hydrogens is 248 g/mol. The number of pyridine rings is 1. The second-order valence-electron chi connectivity index (χ2n) is 5.69. The molecule has 0 atom stereocenters. The van der Waals surface area contributed by atoms with Crippen LogP contribution in [0.25, 0.3) is 0 Å². The standard InChI is InChI=1S/C13H19BFNO3/c1-12(2)13(3,4)19-14(18-12)11-10(15)7-6-9(16-11)8-17-5/h6-7H,8H2,1-5H3. The smallest absolute Gasteiger partial charge is 0.398 e. The Morgan fingerprint density at radius 3 is 2.32 bits per heavy atom. The average Bonchev–Trinajstić information content (AvgIpc) is 2.51. The SMILES string of the molecule is COCc1ccc(F)c(B2OC(C)(C)C(C)(C)O2)n1. The van der Waals surface area contributed by atoms with Gasteiger partial charge in [-0.05, 0) is 39.8 Å². The Balaban J connectivity index is 2.31. The molecule has 0 saturated carbocycles. The lowest BCUT2D eigenvalue weighted by Crippen LogP contribution is -2.41. The molecule has 2 heterocycles. The summed E-state index contributed by atoms with van der Waals surface area (Å²) in [7, 11) is 0.779. The molecular formula is C13H19BFNO3. The molecule has 1 aromatic heterocycles. The fraction of sp³-hybridized carbons (Fsp3) is 0.615. The largest absolute Gasteiger partial charge is 0.517 e. The molecule has 0 radical (unpaired) electrons. The first kappa shape index (κ1) is 14.4. The summed E-state index contributed by atoms with van der Waals surface area (Å²) < 4.78 is 30.5. The predicted molar refractivity (Wildman–Crippen MR) is 70.6 cm³/mol. The van der Waals surface area contributed by atoms with E-state index in [0.717, 1.165) is 0 Å². The van der Waals surface area contributed by atoms with Crippen molar-refractivity contribution in [2.75, 3.05) is 7.11 Å². The minimum absolute atomic E-state index is 0.174. The van der Waals surface area contributed by atoms with E-state index in [9.17, 15) is 4.39 Å². The molecule has 1 aliphatic rings. The lowest BCUT2D eigenvalue weighted by atomic mass is 9.83. The first-order chi connectivity index (χ1) is 8.77. The van der Waals surface area contributed by atoms with Gasteiger partial charge in [-0.15, -0.1) is 0 Å². The van der Waals surface area contributed by atoms with Crippen LogP contribution in [0.2, 0.25) is 0 Å². The van der Waals surface area contributed by atoms with E-state index >= 15 is 0 Å². The molecule has 2 rings (SSSR count). The molecule has 1 aliphatic heterocycles. The maximum atomic E-state index is 13.9. The molecule has 1 aromatic rings. The number of hydrogen-bond donors (Lipinski definition) is 0. The first-order valence-corrected chi connectivity index (χ1v) is 6.27. The van der Waals surface area contributed by atoms with Crippen molar-refractivity contribution in [1.29, 1.82) is 0 Å². The van der Waals surface area contributed by atoms with E-state index in [1.54, 1.807) is 13.2 Å². The van der Waals surface area contributed by atoms with Crippen LogP contribution in [0.5, 0.6) is 0 Å². The molecule has 19 heavy (non-hydrogen) atoms. The quantitative estimate of drug-likeness (QED) is 0.781. The zero-order valence-electron chi connectivity index (χ0n) is 12.0. The van der Waals surface area contributed by atoms with Crippen molar-refractivity contribution in [1.82, 2.24) is 4.98 Å². The Kier molecular flexibility index (Phi) is 3.68. The van der Waals surface area contributed by atoms with E-state index in [1.165, 1.54) is 6.07 Å². The van der Waals surface area contributed by atoms with E-state index in [0.29, 0.717) is 12.3 Å². The van der Waals surface area contributed by atoms with Crippen LogP contribution in [0, 0.1) is 5.82 Å². The van der Waals surface area contributed by atoms with Gasteiger partial charge < -0.3 is 14.0 Å². The van der Waals surface area contributed by atoms with Crippen molar-refractivity contribution in [2.45, 2.75) is 45.5 Å². The molecule has 6 heteroatoms. The number of ether oxygens (including phenoxy) is 1. The van der Waals surface area contributed by atoms with Crippen molar-refractivity contribution in [3.63, 3.8) is 0 Å². The number of rotatable bonds is 3. The molecule has 0 aromatic carbocycles. The van der Waals surface area contributed by atoms with Crippen LogP contribution in [0.3, 0.4) is 0 Å². The second-order valence-corrected chi connectivity index (χ2v) is 5.69. The Hall–Kier alpha value is -0.975. The minimum Gasteiger partial charge on any atom is -0.398 e. The third-order valence-electron chi connectivity index (χ3n) is 3.70. The van der Waals surface area contributed by atoms with E-state index in [4.69, 9.17) is 14.0 Å². The van der Waals surface area contributed by atoms with Crippen LogP contribution in [-0.4, -0.2) is 30.4 Å². The van der Waals surface area contributed by atoms with Gasteiger partial charge in [-0.2, -0.15) is 0 Å². The fourth-order valence-corrected chi connectivity index (χ4v) is 1.85. The highest BCUT2D eigenvalue weighted by atomic mass is 19.1. The highest BCUT2D eigenvalue weighted by Gasteiger charge is 2.53. The van der Waals surface area contributed by atoms with Gasteiger partial charge in [-0.1, -0.05) is 0 Å². The van der Waals surface area contributed by atoms with Crippen LogP contribution < -0.4 is 5.59 Å². The summed E-state index contributed by atoms with van der Waals surface area (Å²) in [5.74, 6) is -0.432. The summed E-state index contributed by atoms with van der Waals surface area (Å²) >= 11 is 0.